The summed E-state index contributed by atoms with van der Waals surface area (Å²) in [6.07, 6.45) is -0.0187. The monoisotopic (exact) mass is 235 g/mol. The maximum Gasteiger partial charge on any atom is 0.251 e. The van der Waals surface area contributed by atoms with E-state index in [4.69, 9.17) is 4.74 Å². The Morgan fingerprint density at radius 3 is 3.06 bits per heavy atom. The van der Waals surface area contributed by atoms with Gasteiger partial charge in [0.15, 0.2) is 0 Å². The predicted molar refractivity (Wildman–Crippen MR) is 63.8 cm³/mol. The van der Waals surface area contributed by atoms with Crippen molar-refractivity contribution in [2.24, 2.45) is 0 Å². The topological polar surface area (TPSA) is 49.8 Å². The lowest BCUT2D eigenvalue weighted by Crippen LogP contribution is -2.34. The molecule has 1 heterocycles. The molecular weight excluding hydrogens is 218 g/mol. The van der Waals surface area contributed by atoms with Gasteiger partial charge in [-0.05, 0) is 24.1 Å². The third kappa shape index (κ3) is 2.58. The molecule has 2 rings (SSSR count). The molecule has 4 heteroatoms. The van der Waals surface area contributed by atoms with Gasteiger partial charge in [-0.2, -0.15) is 0 Å². The summed E-state index contributed by atoms with van der Waals surface area (Å²) in [6, 6.07) is 5.96. The molecule has 1 aliphatic rings. The van der Waals surface area contributed by atoms with Crippen molar-refractivity contribution in [1.82, 2.24) is 4.90 Å². The van der Waals surface area contributed by atoms with Crippen molar-refractivity contribution >= 4 is 5.91 Å². The number of amides is 1. The molecule has 1 N–H and O–H groups in total. The molecule has 0 aliphatic carbocycles. The van der Waals surface area contributed by atoms with E-state index >= 15 is 0 Å². The third-order valence-electron chi connectivity index (χ3n) is 2.91. The van der Waals surface area contributed by atoms with E-state index in [-0.39, 0.29) is 5.91 Å². The molecular formula is C13H17NO3. The molecule has 0 bridgehead atoms. The molecule has 1 aromatic carbocycles. The summed E-state index contributed by atoms with van der Waals surface area (Å²) in [4.78, 5) is 13.1. The Morgan fingerprint density at radius 1 is 1.59 bits per heavy atom. The lowest BCUT2D eigenvalue weighted by Gasteiger charge is -2.19. The fraction of sp³-hybridized carbons (Fsp3) is 0.462. The van der Waals surface area contributed by atoms with E-state index in [9.17, 15) is 9.90 Å². The highest BCUT2D eigenvalue weighted by Crippen LogP contribution is 2.26. The summed E-state index contributed by atoms with van der Waals surface area (Å²) < 4.78 is 5.42. The largest absolute Gasteiger partial charge is 0.493 e. The van der Waals surface area contributed by atoms with E-state index in [2.05, 4.69) is 6.07 Å². The van der Waals surface area contributed by atoms with E-state index in [1.165, 1.54) is 17.4 Å². The number of aliphatic hydroxyl groups is 1. The average molecular weight is 235 g/mol. The van der Waals surface area contributed by atoms with Crippen LogP contribution in [-0.2, 0) is 17.8 Å². The van der Waals surface area contributed by atoms with Crippen LogP contribution in [0.5, 0.6) is 5.75 Å². The van der Waals surface area contributed by atoms with Crippen LogP contribution in [0.1, 0.15) is 18.1 Å². The highest BCUT2D eigenvalue weighted by Gasteiger charge is 2.16. The van der Waals surface area contributed by atoms with Crippen LogP contribution in [0.2, 0.25) is 0 Å². The van der Waals surface area contributed by atoms with Crippen LogP contribution in [0.25, 0.3) is 0 Å². The lowest BCUT2D eigenvalue weighted by atomic mass is 10.1. The lowest BCUT2D eigenvalue weighted by molar-refractivity contribution is -0.138. The Hall–Kier alpha value is -1.55. The quantitative estimate of drug-likeness (QED) is 0.849. The number of aliphatic hydroxyl groups excluding tert-OH is 1. The molecule has 4 nitrogen and oxygen atoms in total. The Kier molecular flexibility index (Phi) is 3.33. The zero-order valence-corrected chi connectivity index (χ0v) is 10.1. The molecule has 1 atom stereocenters. The highest BCUT2D eigenvalue weighted by atomic mass is 16.5. The van der Waals surface area contributed by atoms with Gasteiger partial charge in [0.1, 0.15) is 11.9 Å². The third-order valence-corrected chi connectivity index (χ3v) is 2.91. The molecule has 0 saturated heterocycles. The summed E-state index contributed by atoms with van der Waals surface area (Å²) >= 11 is 0. The summed E-state index contributed by atoms with van der Waals surface area (Å²) in [5.74, 6) is 0.681. The van der Waals surface area contributed by atoms with E-state index in [0.29, 0.717) is 6.54 Å². The Labute approximate surface area is 101 Å². The second-order valence-electron chi connectivity index (χ2n) is 4.41. The second kappa shape index (κ2) is 4.75. The van der Waals surface area contributed by atoms with Crippen LogP contribution < -0.4 is 4.74 Å². The fourth-order valence-electron chi connectivity index (χ4n) is 2.01. The van der Waals surface area contributed by atoms with Crippen LogP contribution in [0, 0.1) is 0 Å². The minimum atomic E-state index is -0.947. The van der Waals surface area contributed by atoms with Gasteiger partial charge >= 0.3 is 0 Å². The Bertz CT molecular complexity index is 429. The standard InChI is InChI=1S/C13H17NO3/c1-9(15)13(16)14(2)8-10-3-4-12-11(7-10)5-6-17-12/h3-4,7,9,15H,5-6,8H2,1-2H3. The fourth-order valence-corrected chi connectivity index (χ4v) is 2.01. The first-order valence-electron chi connectivity index (χ1n) is 5.75. The normalized spacial score (nSPS) is 15.0. The highest BCUT2D eigenvalue weighted by molar-refractivity contribution is 5.79. The van der Waals surface area contributed by atoms with Gasteiger partial charge in [0.25, 0.3) is 5.91 Å². The van der Waals surface area contributed by atoms with Gasteiger partial charge in [-0.1, -0.05) is 12.1 Å². The molecule has 0 radical (unpaired) electrons. The zero-order valence-electron chi connectivity index (χ0n) is 10.1. The molecule has 0 saturated carbocycles. The maximum atomic E-state index is 11.5. The summed E-state index contributed by atoms with van der Waals surface area (Å²) in [6.45, 7) is 2.73. The molecule has 1 aromatic rings. The van der Waals surface area contributed by atoms with E-state index < -0.39 is 6.10 Å². The Balaban J connectivity index is 2.06. The molecule has 1 unspecified atom stereocenters. The summed E-state index contributed by atoms with van der Waals surface area (Å²) in [5, 5.41) is 9.21. The minimum absolute atomic E-state index is 0.262. The number of likely N-dealkylation sites (N-methyl/N-ethyl adjacent to an activating group) is 1. The van der Waals surface area contributed by atoms with Gasteiger partial charge in [0.2, 0.25) is 0 Å². The zero-order chi connectivity index (χ0) is 12.4. The molecule has 1 aliphatic heterocycles. The number of carbonyl (C=O) groups excluding carboxylic acids is 1. The number of nitrogens with zero attached hydrogens (tertiary/aromatic N) is 1. The summed E-state index contributed by atoms with van der Waals surface area (Å²) in [7, 11) is 1.69. The van der Waals surface area contributed by atoms with Crippen molar-refractivity contribution in [1.29, 1.82) is 0 Å². The predicted octanol–water partition coefficient (Wildman–Crippen LogP) is 0.961. The van der Waals surface area contributed by atoms with Gasteiger partial charge in [-0.25, -0.2) is 0 Å². The smallest absolute Gasteiger partial charge is 0.251 e. The number of hydrogen-bond acceptors (Lipinski definition) is 3. The van der Waals surface area contributed by atoms with Crippen LogP contribution in [0.15, 0.2) is 18.2 Å². The van der Waals surface area contributed by atoms with Crippen molar-refractivity contribution in [3.05, 3.63) is 29.3 Å². The van der Waals surface area contributed by atoms with E-state index in [1.54, 1.807) is 7.05 Å². The van der Waals surface area contributed by atoms with Crippen LogP contribution >= 0.6 is 0 Å². The van der Waals surface area contributed by atoms with Gasteiger partial charge in [-0.3, -0.25) is 4.79 Å². The van der Waals surface area contributed by atoms with E-state index in [1.807, 2.05) is 12.1 Å². The number of ether oxygens (including phenoxy) is 1. The van der Waals surface area contributed by atoms with Gasteiger partial charge in [0, 0.05) is 20.0 Å². The summed E-state index contributed by atoms with van der Waals surface area (Å²) in [5.41, 5.74) is 2.26. The second-order valence-corrected chi connectivity index (χ2v) is 4.41. The Morgan fingerprint density at radius 2 is 2.35 bits per heavy atom. The molecule has 0 spiro atoms. The van der Waals surface area contributed by atoms with Crippen molar-refractivity contribution < 1.29 is 14.6 Å². The number of fused-ring (bicyclic) bond motifs is 1. The first-order valence-corrected chi connectivity index (χ1v) is 5.75. The minimum Gasteiger partial charge on any atom is -0.493 e. The van der Waals surface area contributed by atoms with Crippen LogP contribution in [0.3, 0.4) is 0 Å². The SMILES string of the molecule is CC(O)C(=O)N(C)Cc1ccc2c(c1)CCO2. The van der Waals surface area contributed by atoms with Crippen molar-refractivity contribution in [3.63, 3.8) is 0 Å². The first kappa shape index (κ1) is 11.9. The van der Waals surface area contributed by atoms with Crippen molar-refractivity contribution in [2.75, 3.05) is 13.7 Å². The molecule has 17 heavy (non-hydrogen) atoms. The molecule has 92 valence electrons. The maximum absolute atomic E-state index is 11.5. The first-order chi connectivity index (χ1) is 8.08. The van der Waals surface area contributed by atoms with Crippen LogP contribution in [0.4, 0.5) is 0 Å². The average Bonchev–Trinajstić information content (AvgIpc) is 2.74. The van der Waals surface area contributed by atoms with Gasteiger partial charge in [0.05, 0.1) is 6.61 Å². The van der Waals surface area contributed by atoms with Crippen molar-refractivity contribution in [2.45, 2.75) is 26.0 Å². The van der Waals surface area contributed by atoms with E-state index in [0.717, 1.165) is 24.3 Å². The number of benzene rings is 1. The van der Waals surface area contributed by atoms with Gasteiger partial charge < -0.3 is 14.7 Å². The number of carbonyl (C=O) groups is 1. The van der Waals surface area contributed by atoms with Crippen LogP contribution in [-0.4, -0.2) is 35.7 Å². The number of hydrogen-bond donors (Lipinski definition) is 1. The molecule has 0 aromatic heterocycles. The number of rotatable bonds is 3. The molecule has 1 amide bonds. The van der Waals surface area contributed by atoms with Crippen molar-refractivity contribution in [3.8, 4) is 5.75 Å². The molecule has 0 fully saturated rings. The van der Waals surface area contributed by atoms with Gasteiger partial charge in [-0.15, -0.1) is 0 Å².